The molecule has 0 aliphatic heterocycles. The first-order chi connectivity index (χ1) is 33.1. The number of quaternary nitrogens is 1. The number of aliphatic carboxylic acids is 1. The number of nitrogens with zero attached hydrogens (tertiary/aromatic N) is 1. The molecule has 8 nitrogen and oxygen atoms in total. The Bertz CT molecular complexity index is 1470. The minimum absolute atomic E-state index is 0.0153. The van der Waals surface area contributed by atoms with Crippen LogP contribution >= 0.6 is 0 Å². The lowest BCUT2D eigenvalue weighted by atomic mass is 10.1. The molecule has 8 heteroatoms. The topological polar surface area (TPSA) is 102 Å². The predicted octanol–water partition coefficient (Wildman–Crippen LogP) is 14.6. The lowest BCUT2D eigenvalue weighted by Crippen LogP contribution is -2.55. The Balaban J connectivity index is 4.32. The molecule has 68 heavy (non-hydrogen) atoms. The standard InChI is InChI=1S/C60H99NO7/c1-6-8-10-12-14-16-18-20-22-24-26-28-29-31-32-34-36-38-40-42-44-46-48-50-58(62)67-55-56(54-66-53-52-57(60(64)65)61(3,4)5)68-59(63)51-49-47-45-43-41-39-37-35-33-30-27-25-23-21-19-17-15-13-11-9-7-2/h8,10,14-17,20-23,26-28,30,35,37,41,43,56-57H,6-7,9,11-13,18-19,24-25,29,31-34,36,38-40,42,44-55H2,1-5H3/b10-8+,16-14+,17-15+,22-20+,23-21+,28-26+,30-27+,37-35+,43-41+. The zero-order valence-corrected chi connectivity index (χ0v) is 44.0. The van der Waals surface area contributed by atoms with Crippen molar-refractivity contribution >= 4 is 17.9 Å². The van der Waals surface area contributed by atoms with Crippen molar-refractivity contribution in [2.24, 2.45) is 0 Å². The summed E-state index contributed by atoms with van der Waals surface area (Å²) in [5.41, 5.74) is 0. The number of allylic oxidation sites excluding steroid dienone is 18. The smallest absolute Gasteiger partial charge is 0.306 e. The fourth-order valence-electron chi connectivity index (χ4n) is 7.26. The van der Waals surface area contributed by atoms with Gasteiger partial charge in [-0.3, -0.25) is 9.59 Å². The lowest BCUT2D eigenvalue weighted by molar-refractivity contribution is -0.889. The van der Waals surface area contributed by atoms with Crippen molar-refractivity contribution in [3.63, 3.8) is 0 Å². The lowest BCUT2D eigenvalue weighted by Gasteiger charge is -2.34. The van der Waals surface area contributed by atoms with Gasteiger partial charge >= 0.3 is 11.9 Å². The summed E-state index contributed by atoms with van der Waals surface area (Å²) in [7, 11) is 5.39. The number of carbonyl (C=O) groups excluding carboxylic acids is 3. The number of hydrogen-bond donors (Lipinski definition) is 0. The van der Waals surface area contributed by atoms with Crippen molar-refractivity contribution < 1.29 is 38.2 Å². The summed E-state index contributed by atoms with van der Waals surface area (Å²) in [6.45, 7) is 4.47. The van der Waals surface area contributed by atoms with Gasteiger partial charge in [0.2, 0.25) is 0 Å². The third kappa shape index (κ3) is 47.1. The number of hydrogen-bond acceptors (Lipinski definition) is 7. The maximum absolute atomic E-state index is 12.8. The normalized spacial score (nSPS) is 13.7. The molecule has 0 fully saturated rings. The van der Waals surface area contributed by atoms with Crippen LogP contribution in [0.2, 0.25) is 0 Å². The number of carboxylic acid groups (broad SMARTS) is 1. The Labute approximate surface area is 417 Å². The first-order valence-electron chi connectivity index (χ1n) is 26.9. The first kappa shape index (κ1) is 64.0. The molecular weight excluding hydrogens is 847 g/mol. The number of unbranched alkanes of at least 4 members (excludes halogenated alkanes) is 15. The van der Waals surface area contributed by atoms with E-state index in [0.29, 0.717) is 12.8 Å². The van der Waals surface area contributed by atoms with Gasteiger partial charge in [0.1, 0.15) is 12.6 Å². The maximum Gasteiger partial charge on any atom is 0.306 e. The highest BCUT2D eigenvalue weighted by Crippen LogP contribution is 2.14. The minimum atomic E-state index is -1.14. The van der Waals surface area contributed by atoms with Gasteiger partial charge in [0, 0.05) is 19.3 Å². The van der Waals surface area contributed by atoms with Crippen molar-refractivity contribution in [1.29, 1.82) is 0 Å². The Morgan fingerprint density at radius 2 is 0.824 bits per heavy atom. The fourth-order valence-corrected chi connectivity index (χ4v) is 7.26. The summed E-state index contributed by atoms with van der Waals surface area (Å²) < 4.78 is 17.2. The second-order valence-corrected chi connectivity index (χ2v) is 18.7. The van der Waals surface area contributed by atoms with E-state index in [9.17, 15) is 19.5 Å². The summed E-state index contributed by atoms with van der Waals surface area (Å²) in [5, 5.41) is 11.7. The van der Waals surface area contributed by atoms with E-state index in [4.69, 9.17) is 14.2 Å². The van der Waals surface area contributed by atoms with Crippen molar-refractivity contribution in [1.82, 2.24) is 0 Å². The molecule has 0 aliphatic carbocycles. The van der Waals surface area contributed by atoms with Crippen molar-refractivity contribution in [2.75, 3.05) is 41.0 Å². The van der Waals surface area contributed by atoms with E-state index < -0.39 is 18.1 Å². The molecular formula is C60H99NO7. The average Bonchev–Trinajstić information content (AvgIpc) is 3.30. The van der Waals surface area contributed by atoms with Crippen LogP contribution in [0.5, 0.6) is 0 Å². The summed E-state index contributed by atoms with van der Waals surface area (Å²) in [6.07, 6.45) is 68.4. The predicted molar refractivity (Wildman–Crippen MR) is 286 cm³/mol. The fraction of sp³-hybridized carbons (Fsp3) is 0.650. The molecule has 0 aromatic carbocycles. The molecule has 0 saturated carbocycles. The number of ether oxygens (including phenoxy) is 3. The van der Waals surface area contributed by atoms with E-state index in [1.54, 1.807) is 21.1 Å². The van der Waals surface area contributed by atoms with E-state index in [1.165, 1.54) is 70.6 Å². The highest BCUT2D eigenvalue weighted by Gasteiger charge is 2.25. The average molecular weight is 946 g/mol. The van der Waals surface area contributed by atoms with E-state index in [-0.39, 0.29) is 49.1 Å². The summed E-state index contributed by atoms with van der Waals surface area (Å²) in [6, 6.07) is -0.742. The van der Waals surface area contributed by atoms with Crippen LogP contribution in [0.1, 0.15) is 200 Å². The molecule has 0 radical (unpaired) electrons. The van der Waals surface area contributed by atoms with Crippen molar-refractivity contribution in [2.45, 2.75) is 212 Å². The molecule has 2 atom stereocenters. The molecule has 0 aromatic rings. The van der Waals surface area contributed by atoms with E-state index in [2.05, 4.69) is 123 Å². The number of likely N-dealkylation sites (N-methyl/N-ethyl adjacent to an activating group) is 1. The van der Waals surface area contributed by atoms with Gasteiger partial charge in [-0.15, -0.1) is 0 Å². The third-order valence-corrected chi connectivity index (χ3v) is 11.4. The van der Waals surface area contributed by atoms with Crippen LogP contribution in [0.15, 0.2) is 109 Å². The number of rotatable bonds is 47. The van der Waals surface area contributed by atoms with Gasteiger partial charge in [-0.25, -0.2) is 0 Å². The second-order valence-electron chi connectivity index (χ2n) is 18.7. The van der Waals surface area contributed by atoms with E-state index in [0.717, 1.165) is 89.9 Å². The largest absolute Gasteiger partial charge is 0.544 e. The third-order valence-electron chi connectivity index (χ3n) is 11.4. The monoisotopic (exact) mass is 946 g/mol. The quantitative estimate of drug-likeness (QED) is 0.0259. The molecule has 0 heterocycles. The molecule has 0 aliphatic rings. The summed E-state index contributed by atoms with van der Waals surface area (Å²) in [5.74, 6) is -1.81. The van der Waals surface area contributed by atoms with Crippen LogP contribution in [0.3, 0.4) is 0 Å². The van der Waals surface area contributed by atoms with Crippen LogP contribution < -0.4 is 5.11 Å². The first-order valence-corrected chi connectivity index (χ1v) is 26.9. The molecule has 0 amide bonds. The zero-order chi connectivity index (χ0) is 49.9. The molecule has 0 bridgehead atoms. The van der Waals surface area contributed by atoms with Crippen molar-refractivity contribution in [3.05, 3.63) is 109 Å². The van der Waals surface area contributed by atoms with Crippen LogP contribution in [-0.2, 0) is 28.6 Å². The van der Waals surface area contributed by atoms with Crippen LogP contribution in [0.25, 0.3) is 0 Å². The molecule has 0 spiro atoms. The number of carboxylic acids is 1. The van der Waals surface area contributed by atoms with E-state index >= 15 is 0 Å². The van der Waals surface area contributed by atoms with Crippen molar-refractivity contribution in [3.8, 4) is 0 Å². The Morgan fingerprint density at radius 3 is 1.25 bits per heavy atom. The van der Waals surface area contributed by atoms with Crippen LogP contribution in [-0.4, -0.2) is 75.5 Å². The van der Waals surface area contributed by atoms with Gasteiger partial charge in [0.05, 0.1) is 40.3 Å². The Hall–Kier alpha value is -4.01. The Kier molecular flexibility index (Phi) is 46.5. The molecule has 0 rings (SSSR count). The second kappa shape index (κ2) is 49.4. The maximum atomic E-state index is 12.8. The number of esters is 2. The van der Waals surface area contributed by atoms with Crippen LogP contribution in [0, 0.1) is 0 Å². The molecule has 386 valence electrons. The number of carbonyl (C=O) groups is 3. The highest BCUT2D eigenvalue weighted by atomic mass is 16.6. The molecule has 0 N–H and O–H groups in total. The van der Waals surface area contributed by atoms with Gasteiger partial charge in [0.25, 0.3) is 0 Å². The SMILES string of the molecule is CC/C=C/C/C=C/C/C=C/C/C=C/CCCCCCCCCCCCC(=O)OCC(COCCC(C(=O)[O-])[N+](C)(C)C)OC(=O)CCCC/C=C/C/C=C/C/C=C/C/C=C/C/C=C/CCCCC. The highest BCUT2D eigenvalue weighted by molar-refractivity contribution is 5.70. The van der Waals surface area contributed by atoms with E-state index in [1.807, 2.05) is 0 Å². The molecule has 0 saturated heterocycles. The molecule has 2 unspecified atom stereocenters. The summed E-state index contributed by atoms with van der Waals surface area (Å²) >= 11 is 0. The van der Waals surface area contributed by atoms with Gasteiger partial charge in [-0.05, 0) is 103 Å². The van der Waals surface area contributed by atoms with Gasteiger partial charge in [-0.2, -0.15) is 0 Å². The van der Waals surface area contributed by atoms with Crippen LogP contribution in [0.4, 0.5) is 0 Å². The van der Waals surface area contributed by atoms with Gasteiger partial charge < -0.3 is 28.6 Å². The van der Waals surface area contributed by atoms with Gasteiger partial charge in [0.15, 0.2) is 6.10 Å². The summed E-state index contributed by atoms with van der Waals surface area (Å²) in [4.78, 5) is 37.1. The minimum Gasteiger partial charge on any atom is -0.544 e. The van der Waals surface area contributed by atoms with Gasteiger partial charge in [-0.1, -0.05) is 187 Å². The zero-order valence-electron chi connectivity index (χ0n) is 44.0. The molecule has 0 aromatic heterocycles. The Morgan fingerprint density at radius 1 is 0.456 bits per heavy atom.